The summed E-state index contributed by atoms with van der Waals surface area (Å²) >= 11 is 0. The van der Waals surface area contributed by atoms with Gasteiger partial charge in [-0.15, -0.1) is 0 Å². The molecular formula is C25H28N4O. The minimum atomic E-state index is 0.0734. The number of ketones is 1. The molecule has 1 fully saturated rings. The van der Waals surface area contributed by atoms with Gasteiger partial charge in [-0.3, -0.25) is 4.79 Å². The number of carbonyl (C=O) groups excluding carboxylic acids is 1. The number of aromatic nitrogens is 2. The van der Waals surface area contributed by atoms with E-state index < -0.39 is 0 Å². The molecule has 3 aromatic rings. The Labute approximate surface area is 177 Å². The summed E-state index contributed by atoms with van der Waals surface area (Å²) in [4.78, 5) is 16.5. The highest BCUT2D eigenvalue weighted by Crippen LogP contribution is 2.42. The number of anilines is 1. The zero-order chi connectivity index (χ0) is 21.3. The molecule has 2 aromatic heterocycles. The number of aryl methyl sites for hydroxylation is 1. The summed E-state index contributed by atoms with van der Waals surface area (Å²) in [6.07, 6.45) is 5.88. The third kappa shape index (κ3) is 3.70. The van der Waals surface area contributed by atoms with Crippen LogP contribution in [0.1, 0.15) is 56.7 Å². The van der Waals surface area contributed by atoms with Gasteiger partial charge >= 0.3 is 0 Å². The first-order valence-electron chi connectivity index (χ1n) is 10.8. The Morgan fingerprint density at radius 1 is 1.30 bits per heavy atom. The lowest BCUT2D eigenvalue weighted by molar-refractivity contribution is -0.121. The molecule has 0 spiro atoms. The zero-order valence-corrected chi connectivity index (χ0v) is 17.9. The van der Waals surface area contributed by atoms with Gasteiger partial charge in [-0.25, -0.2) is 4.98 Å². The normalized spacial score (nSPS) is 14.0. The van der Waals surface area contributed by atoms with Crippen molar-refractivity contribution in [3.05, 3.63) is 47.7 Å². The van der Waals surface area contributed by atoms with Crippen molar-refractivity contribution < 1.29 is 4.79 Å². The zero-order valence-electron chi connectivity index (χ0n) is 17.9. The molecule has 1 saturated carbocycles. The second-order valence-electron chi connectivity index (χ2n) is 8.55. The Morgan fingerprint density at radius 2 is 2.03 bits per heavy atom. The van der Waals surface area contributed by atoms with Crippen molar-refractivity contribution in [3.63, 3.8) is 0 Å². The van der Waals surface area contributed by atoms with E-state index in [0.717, 1.165) is 46.4 Å². The SMILES string of the molecule is Cc1cnc2c(c1)c(C#N)c(-c1ccc(NCCC(=O)C(C)C)cc1)n2C1CCC1. The van der Waals surface area contributed by atoms with Gasteiger partial charge in [0.15, 0.2) is 0 Å². The van der Waals surface area contributed by atoms with E-state index in [-0.39, 0.29) is 11.7 Å². The van der Waals surface area contributed by atoms with E-state index in [1.54, 1.807) is 0 Å². The Kier molecular flexibility index (Phi) is 5.59. The second kappa shape index (κ2) is 8.31. The van der Waals surface area contributed by atoms with E-state index >= 15 is 0 Å². The van der Waals surface area contributed by atoms with Gasteiger partial charge in [-0.05, 0) is 55.5 Å². The summed E-state index contributed by atoms with van der Waals surface area (Å²) in [5.74, 6) is 0.342. The Hall–Kier alpha value is -3.13. The number of hydrogen-bond donors (Lipinski definition) is 1. The van der Waals surface area contributed by atoms with Crippen LogP contribution in [0.25, 0.3) is 22.3 Å². The molecule has 2 heterocycles. The number of benzene rings is 1. The summed E-state index contributed by atoms with van der Waals surface area (Å²) < 4.78 is 2.28. The van der Waals surface area contributed by atoms with Crippen LogP contribution in [0.15, 0.2) is 36.5 Å². The van der Waals surface area contributed by atoms with Gasteiger partial charge in [0.1, 0.15) is 17.5 Å². The van der Waals surface area contributed by atoms with Crippen LogP contribution in [-0.4, -0.2) is 21.9 Å². The fourth-order valence-corrected chi connectivity index (χ4v) is 4.05. The van der Waals surface area contributed by atoms with E-state index in [1.807, 2.05) is 39.1 Å². The van der Waals surface area contributed by atoms with Crippen LogP contribution < -0.4 is 5.32 Å². The molecule has 30 heavy (non-hydrogen) atoms. The van der Waals surface area contributed by atoms with Crippen molar-refractivity contribution in [2.75, 3.05) is 11.9 Å². The number of nitrogens with one attached hydrogen (secondary N) is 1. The number of rotatable bonds is 7. The first-order chi connectivity index (χ1) is 14.5. The summed E-state index contributed by atoms with van der Waals surface area (Å²) in [5, 5.41) is 14.3. The molecule has 0 saturated heterocycles. The third-order valence-electron chi connectivity index (χ3n) is 6.03. The Bertz CT molecular complexity index is 1110. The molecule has 4 rings (SSSR count). The first-order valence-corrected chi connectivity index (χ1v) is 10.8. The summed E-state index contributed by atoms with van der Waals surface area (Å²) in [5.41, 5.74) is 5.65. The lowest BCUT2D eigenvalue weighted by atomic mass is 9.92. The molecule has 1 aromatic carbocycles. The Morgan fingerprint density at radius 3 is 2.63 bits per heavy atom. The van der Waals surface area contributed by atoms with Gasteiger partial charge in [-0.2, -0.15) is 5.26 Å². The van der Waals surface area contributed by atoms with E-state index in [2.05, 4.69) is 34.2 Å². The monoisotopic (exact) mass is 400 g/mol. The van der Waals surface area contributed by atoms with E-state index in [4.69, 9.17) is 4.98 Å². The van der Waals surface area contributed by atoms with Crippen molar-refractivity contribution in [1.82, 2.24) is 9.55 Å². The fourth-order valence-electron chi connectivity index (χ4n) is 4.05. The lowest BCUT2D eigenvalue weighted by Gasteiger charge is -2.29. The minimum Gasteiger partial charge on any atom is -0.385 e. The fraction of sp³-hybridized carbons (Fsp3) is 0.400. The number of nitriles is 1. The summed E-state index contributed by atoms with van der Waals surface area (Å²) in [6.45, 7) is 6.51. The largest absolute Gasteiger partial charge is 0.385 e. The van der Waals surface area contributed by atoms with Crippen LogP contribution in [0.5, 0.6) is 0 Å². The maximum Gasteiger partial charge on any atom is 0.141 e. The van der Waals surface area contributed by atoms with Crippen LogP contribution in [0.3, 0.4) is 0 Å². The molecule has 5 heteroatoms. The molecule has 5 nitrogen and oxygen atoms in total. The molecule has 0 bridgehead atoms. The van der Waals surface area contributed by atoms with Crippen LogP contribution in [-0.2, 0) is 4.79 Å². The number of fused-ring (bicyclic) bond motifs is 1. The molecule has 1 aliphatic rings. The van der Waals surface area contributed by atoms with E-state index in [1.165, 1.54) is 6.42 Å². The standard InChI is InChI=1S/C25H28N4O/c1-16(2)23(30)11-12-27-19-9-7-18(8-10-19)24-22(14-26)21-13-17(3)15-28-25(21)29(24)20-5-4-6-20/h7-10,13,15-16,20,27H,4-6,11-12H2,1-3H3. The van der Waals surface area contributed by atoms with E-state index in [9.17, 15) is 10.1 Å². The number of carbonyl (C=O) groups is 1. The highest BCUT2D eigenvalue weighted by Gasteiger charge is 2.28. The van der Waals surface area contributed by atoms with Gasteiger partial charge in [0.05, 0.1) is 11.3 Å². The van der Waals surface area contributed by atoms with E-state index in [0.29, 0.717) is 24.6 Å². The molecule has 0 atom stereocenters. The quantitative estimate of drug-likeness (QED) is 0.557. The first kappa shape index (κ1) is 20.2. The topological polar surface area (TPSA) is 70.7 Å². The predicted octanol–water partition coefficient (Wildman–Crippen LogP) is 5.64. The van der Waals surface area contributed by atoms with Gasteiger partial charge in [0, 0.05) is 42.2 Å². The van der Waals surface area contributed by atoms with Crippen molar-refractivity contribution in [3.8, 4) is 17.3 Å². The van der Waals surface area contributed by atoms with Crippen molar-refractivity contribution in [2.24, 2.45) is 5.92 Å². The lowest BCUT2D eigenvalue weighted by Crippen LogP contribution is -2.18. The van der Waals surface area contributed by atoms with Crippen molar-refractivity contribution in [2.45, 2.75) is 52.5 Å². The van der Waals surface area contributed by atoms with Crippen LogP contribution in [0.2, 0.25) is 0 Å². The number of hydrogen-bond acceptors (Lipinski definition) is 4. The van der Waals surface area contributed by atoms with Gasteiger partial charge in [-0.1, -0.05) is 26.0 Å². The smallest absolute Gasteiger partial charge is 0.141 e. The van der Waals surface area contributed by atoms with Gasteiger partial charge < -0.3 is 9.88 Å². The number of nitrogens with zero attached hydrogens (tertiary/aromatic N) is 3. The highest BCUT2D eigenvalue weighted by atomic mass is 16.1. The number of Topliss-reactive ketones (excluding diaryl/α,β-unsaturated/α-hetero) is 1. The molecule has 0 unspecified atom stereocenters. The average molecular weight is 401 g/mol. The van der Waals surface area contributed by atoms with Crippen molar-refractivity contribution >= 4 is 22.5 Å². The van der Waals surface area contributed by atoms with Gasteiger partial charge in [0.2, 0.25) is 0 Å². The molecule has 0 amide bonds. The van der Waals surface area contributed by atoms with Crippen LogP contribution in [0.4, 0.5) is 5.69 Å². The molecule has 1 aliphatic carbocycles. The maximum absolute atomic E-state index is 11.8. The maximum atomic E-state index is 11.8. The minimum absolute atomic E-state index is 0.0734. The van der Waals surface area contributed by atoms with Crippen LogP contribution >= 0.6 is 0 Å². The third-order valence-corrected chi connectivity index (χ3v) is 6.03. The van der Waals surface area contributed by atoms with Gasteiger partial charge in [0.25, 0.3) is 0 Å². The molecule has 1 N–H and O–H groups in total. The Balaban J connectivity index is 1.67. The highest BCUT2D eigenvalue weighted by molar-refractivity contribution is 5.93. The summed E-state index contributed by atoms with van der Waals surface area (Å²) in [6, 6.07) is 13.1. The second-order valence-corrected chi connectivity index (χ2v) is 8.55. The van der Waals surface area contributed by atoms with Crippen LogP contribution in [0, 0.1) is 24.2 Å². The molecule has 0 radical (unpaired) electrons. The predicted molar refractivity (Wildman–Crippen MR) is 120 cm³/mol. The molecule has 154 valence electrons. The summed E-state index contributed by atoms with van der Waals surface area (Å²) in [7, 11) is 0. The number of pyridine rings is 1. The molecular weight excluding hydrogens is 372 g/mol. The average Bonchev–Trinajstić information content (AvgIpc) is 3.00. The molecule has 0 aliphatic heterocycles. The van der Waals surface area contributed by atoms with Crippen molar-refractivity contribution in [1.29, 1.82) is 5.26 Å².